The Morgan fingerprint density at radius 2 is 1.63 bits per heavy atom. The number of nitrogens with one attached hydrogen (secondary N) is 3. The lowest BCUT2D eigenvalue weighted by atomic mass is 9.76. The van der Waals surface area contributed by atoms with Gasteiger partial charge in [0.05, 0.1) is 24.6 Å². The zero-order valence-electron chi connectivity index (χ0n) is 24.8. The largest absolute Gasteiger partial charge is 0.351 e. The standard InChI is InChI=1S/C30H47N5O3/c1-20(2)23(19-21(3)26(36)33-18-14-17-31)35(10)28(38)25(29(4,5)6)34-27(37)24(32-9)30(7,8)22-15-12-11-13-16-22/h11-13,15-16,19-20,23-25,32H,14,18H2,1-10H3,(H,33,36)(H,34,37)/t23-,24-,25-/m1/s1. The molecule has 8 heteroatoms. The molecule has 0 fully saturated rings. The molecule has 0 aliphatic carbocycles. The maximum Gasteiger partial charge on any atom is 0.246 e. The minimum Gasteiger partial charge on any atom is -0.351 e. The highest BCUT2D eigenvalue weighted by atomic mass is 16.2. The highest BCUT2D eigenvalue weighted by Gasteiger charge is 2.41. The van der Waals surface area contributed by atoms with Crippen molar-refractivity contribution in [3.05, 3.63) is 47.5 Å². The fourth-order valence-electron chi connectivity index (χ4n) is 4.53. The van der Waals surface area contributed by atoms with Crippen molar-refractivity contribution in [3.8, 4) is 6.07 Å². The molecule has 0 radical (unpaired) electrons. The van der Waals surface area contributed by atoms with Gasteiger partial charge in [0.15, 0.2) is 0 Å². The molecule has 0 saturated carbocycles. The van der Waals surface area contributed by atoms with Gasteiger partial charge >= 0.3 is 0 Å². The Morgan fingerprint density at radius 1 is 1.05 bits per heavy atom. The van der Waals surface area contributed by atoms with Crippen molar-refractivity contribution in [2.75, 3.05) is 20.6 Å². The topological polar surface area (TPSA) is 114 Å². The summed E-state index contributed by atoms with van der Waals surface area (Å²) in [7, 11) is 3.46. The van der Waals surface area contributed by atoms with Crippen molar-refractivity contribution in [2.45, 2.75) is 85.4 Å². The van der Waals surface area contributed by atoms with Crippen LogP contribution in [0.25, 0.3) is 0 Å². The quantitative estimate of drug-likeness (QED) is 0.285. The third-order valence-electron chi connectivity index (χ3n) is 6.97. The van der Waals surface area contributed by atoms with Gasteiger partial charge in [-0.2, -0.15) is 5.26 Å². The van der Waals surface area contributed by atoms with E-state index in [1.165, 1.54) is 0 Å². The molecule has 0 aliphatic rings. The van der Waals surface area contributed by atoms with Crippen LogP contribution >= 0.6 is 0 Å². The van der Waals surface area contributed by atoms with E-state index < -0.39 is 22.9 Å². The minimum absolute atomic E-state index is 0.0178. The van der Waals surface area contributed by atoms with Gasteiger partial charge in [-0.3, -0.25) is 14.4 Å². The molecule has 0 saturated heterocycles. The fraction of sp³-hybridized carbons (Fsp3) is 0.600. The second kappa shape index (κ2) is 14.1. The van der Waals surface area contributed by atoms with Gasteiger partial charge < -0.3 is 20.9 Å². The Balaban J connectivity index is 3.24. The molecule has 0 unspecified atom stereocenters. The van der Waals surface area contributed by atoms with Crippen molar-refractivity contribution in [3.63, 3.8) is 0 Å². The molecule has 3 amide bonds. The van der Waals surface area contributed by atoms with E-state index in [0.29, 0.717) is 5.57 Å². The Bertz CT molecular complexity index is 1020. The Labute approximate surface area is 229 Å². The molecule has 38 heavy (non-hydrogen) atoms. The van der Waals surface area contributed by atoms with Crippen LogP contribution in [0.5, 0.6) is 0 Å². The van der Waals surface area contributed by atoms with Gasteiger partial charge in [-0.15, -0.1) is 0 Å². The predicted octanol–water partition coefficient (Wildman–Crippen LogP) is 3.54. The highest BCUT2D eigenvalue weighted by molar-refractivity contribution is 5.93. The first-order chi connectivity index (χ1) is 17.6. The van der Waals surface area contributed by atoms with E-state index >= 15 is 0 Å². The Hall–Kier alpha value is -3.18. The van der Waals surface area contributed by atoms with Crippen LogP contribution in [0.2, 0.25) is 0 Å². The van der Waals surface area contributed by atoms with Crippen LogP contribution in [-0.4, -0.2) is 61.4 Å². The van der Waals surface area contributed by atoms with E-state index in [2.05, 4.69) is 16.0 Å². The van der Waals surface area contributed by atoms with Crippen LogP contribution < -0.4 is 16.0 Å². The summed E-state index contributed by atoms with van der Waals surface area (Å²) in [6.07, 6.45) is 2.01. The molecule has 8 nitrogen and oxygen atoms in total. The molecule has 0 heterocycles. The van der Waals surface area contributed by atoms with Crippen LogP contribution in [0.1, 0.15) is 67.4 Å². The van der Waals surface area contributed by atoms with Crippen LogP contribution in [0.15, 0.2) is 42.0 Å². The number of amides is 3. The third-order valence-corrected chi connectivity index (χ3v) is 6.97. The first-order valence-electron chi connectivity index (χ1n) is 13.2. The van der Waals surface area contributed by atoms with Crippen molar-refractivity contribution >= 4 is 17.7 Å². The maximum atomic E-state index is 13.9. The van der Waals surface area contributed by atoms with Crippen molar-refractivity contribution in [2.24, 2.45) is 11.3 Å². The molecule has 3 N–H and O–H groups in total. The molecule has 1 aromatic carbocycles. The fourth-order valence-corrected chi connectivity index (χ4v) is 4.53. The number of hydrogen-bond acceptors (Lipinski definition) is 5. The number of nitriles is 1. The number of carbonyl (C=O) groups is 3. The molecular weight excluding hydrogens is 478 g/mol. The molecular formula is C30H47N5O3. The maximum absolute atomic E-state index is 13.9. The van der Waals surface area contributed by atoms with Crippen molar-refractivity contribution in [1.82, 2.24) is 20.9 Å². The number of hydrogen-bond donors (Lipinski definition) is 3. The number of carbonyl (C=O) groups excluding carboxylic acids is 3. The summed E-state index contributed by atoms with van der Waals surface area (Å²) in [5, 5.41) is 17.6. The summed E-state index contributed by atoms with van der Waals surface area (Å²) in [6.45, 7) is 15.7. The summed E-state index contributed by atoms with van der Waals surface area (Å²) < 4.78 is 0. The normalized spacial score (nSPS) is 14.7. The third kappa shape index (κ3) is 8.70. The van der Waals surface area contributed by atoms with E-state index in [4.69, 9.17) is 5.26 Å². The Morgan fingerprint density at radius 3 is 2.11 bits per heavy atom. The van der Waals surface area contributed by atoms with Gasteiger partial charge in [-0.25, -0.2) is 0 Å². The molecule has 0 bridgehead atoms. The van der Waals surface area contributed by atoms with E-state index in [-0.39, 0.29) is 42.6 Å². The molecule has 3 atom stereocenters. The smallest absolute Gasteiger partial charge is 0.246 e. The molecule has 0 aromatic heterocycles. The second-order valence-electron chi connectivity index (χ2n) is 11.8. The summed E-state index contributed by atoms with van der Waals surface area (Å²) >= 11 is 0. The molecule has 210 valence electrons. The lowest BCUT2D eigenvalue weighted by Crippen LogP contribution is -2.61. The lowest BCUT2D eigenvalue weighted by Gasteiger charge is -2.40. The zero-order chi connectivity index (χ0) is 29.3. The first-order valence-corrected chi connectivity index (χ1v) is 13.2. The number of likely N-dealkylation sites (N-methyl/N-ethyl adjacent to an activating group) is 2. The zero-order valence-corrected chi connectivity index (χ0v) is 24.8. The lowest BCUT2D eigenvalue weighted by molar-refractivity contribution is -0.140. The minimum atomic E-state index is -0.790. The molecule has 0 aliphatic heterocycles. The van der Waals surface area contributed by atoms with Gasteiger partial charge in [0.2, 0.25) is 17.7 Å². The van der Waals surface area contributed by atoms with Crippen molar-refractivity contribution in [1.29, 1.82) is 5.26 Å². The highest BCUT2D eigenvalue weighted by Crippen LogP contribution is 2.29. The predicted molar refractivity (Wildman–Crippen MR) is 152 cm³/mol. The van der Waals surface area contributed by atoms with Crippen LogP contribution in [0.4, 0.5) is 0 Å². The SMILES string of the molecule is CN[C@H](C(=O)N[C@H](C(=O)N(C)[C@H](C=C(C)C(=O)NCCC#N)C(C)C)C(C)(C)C)C(C)(C)c1ccccc1. The van der Waals surface area contributed by atoms with Gasteiger partial charge in [0, 0.05) is 24.6 Å². The molecule has 1 aromatic rings. The molecule has 0 spiro atoms. The van der Waals surface area contributed by atoms with Gasteiger partial charge in [-0.1, -0.05) is 84.9 Å². The van der Waals surface area contributed by atoms with Crippen LogP contribution in [0, 0.1) is 22.7 Å². The Kier molecular flexibility index (Phi) is 12.2. The van der Waals surface area contributed by atoms with E-state index in [0.717, 1.165) is 5.56 Å². The molecule has 1 rings (SSSR count). The van der Waals surface area contributed by atoms with Gasteiger partial charge in [-0.05, 0) is 30.9 Å². The number of nitrogens with zero attached hydrogens (tertiary/aromatic N) is 2. The average molecular weight is 526 g/mol. The number of rotatable bonds is 12. The average Bonchev–Trinajstić information content (AvgIpc) is 2.84. The summed E-state index contributed by atoms with van der Waals surface area (Å²) in [4.78, 5) is 41.6. The van der Waals surface area contributed by atoms with Crippen LogP contribution in [-0.2, 0) is 19.8 Å². The summed E-state index contributed by atoms with van der Waals surface area (Å²) in [5.74, 6) is -0.741. The van der Waals surface area contributed by atoms with E-state index in [9.17, 15) is 14.4 Å². The van der Waals surface area contributed by atoms with Crippen LogP contribution in [0.3, 0.4) is 0 Å². The van der Waals surface area contributed by atoms with Crippen molar-refractivity contribution < 1.29 is 14.4 Å². The summed E-state index contributed by atoms with van der Waals surface area (Å²) in [6, 6.07) is 10.1. The first kappa shape index (κ1) is 32.8. The number of benzene rings is 1. The van der Waals surface area contributed by atoms with E-state index in [1.54, 1.807) is 32.0 Å². The van der Waals surface area contributed by atoms with Gasteiger partial charge in [0.1, 0.15) is 6.04 Å². The summed E-state index contributed by atoms with van der Waals surface area (Å²) in [5.41, 5.74) is 0.387. The van der Waals surface area contributed by atoms with Gasteiger partial charge in [0.25, 0.3) is 0 Å². The monoisotopic (exact) mass is 525 g/mol. The second-order valence-corrected chi connectivity index (χ2v) is 11.8. The van der Waals surface area contributed by atoms with E-state index in [1.807, 2.05) is 84.9 Å².